The Hall–Kier alpha value is -1.03. The molecule has 0 heterocycles. The van der Waals surface area contributed by atoms with Crippen molar-refractivity contribution in [3.63, 3.8) is 0 Å². The first-order valence-electron chi connectivity index (χ1n) is 4.66. The summed E-state index contributed by atoms with van der Waals surface area (Å²) in [5.41, 5.74) is 0.219. The lowest BCUT2D eigenvalue weighted by molar-refractivity contribution is 0.0695. The number of carboxylic acids is 1. The Bertz CT molecular complexity index is 361. The van der Waals surface area contributed by atoms with Gasteiger partial charge in [0.05, 0.1) is 12.2 Å². The maximum Gasteiger partial charge on any atom is 0.336 e. The Balaban J connectivity index is 2.83. The predicted molar refractivity (Wildman–Crippen MR) is 61.4 cm³/mol. The fourth-order valence-electron chi connectivity index (χ4n) is 1.02. The molecule has 0 aliphatic carbocycles. The quantitative estimate of drug-likeness (QED) is 0.916. The van der Waals surface area contributed by atoms with Crippen LogP contribution in [0.4, 0.5) is 0 Å². The summed E-state index contributed by atoms with van der Waals surface area (Å²) in [5, 5.41) is 8.88. The monoisotopic (exact) mass is 272 g/mol. The zero-order chi connectivity index (χ0) is 11.4. The van der Waals surface area contributed by atoms with Crippen molar-refractivity contribution in [3.8, 4) is 5.75 Å². The number of hydrogen-bond donors (Lipinski definition) is 1. The molecule has 0 unspecified atom stereocenters. The molecule has 82 valence electrons. The molecule has 0 radical (unpaired) electrons. The molecule has 0 aliphatic heterocycles. The van der Waals surface area contributed by atoms with E-state index in [9.17, 15) is 4.79 Å². The molecule has 0 spiro atoms. The number of benzene rings is 1. The van der Waals surface area contributed by atoms with Crippen molar-refractivity contribution in [2.75, 3.05) is 6.61 Å². The van der Waals surface area contributed by atoms with Crippen LogP contribution in [-0.2, 0) is 0 Å². The van der Waals surface area contributed by atoms with Gasteiger partial charge in [-0.3, -0.25) is 0 Å². The van der Waals surface area contributed by atoms with Gasteiger partial charge in [-0.2, -0.15) is 0 Å². The van der Waals surface area contributed by atoms with E-state index in [1.54, 1.807) is 12.1 Å². The second kappa shape index (κ2) is 5.16. The van der Waals surface area contributed by atoms with Gasteiger partial charge in [0.2, 0.25) is 0 Å². The van der Waals surface area contributed by atoms with Gasteiger partial charge in [0.25, 0.3) is 0 Å². The number of rotatable bonds is 4. The summed E-state index contributed by atoms with van der Waals surface area (Å²) in [6.07, 6.45) is 0. The Morgan fingerprint density at radius 2 is 2.20 bits per heavy atom. The molecule has 0 aliphatic rings. The molecule has 3 nitrogen and oxygen atoms in total. The van der Waals surface area contributed by atoms with Crippen molar-refractivity contribution >= 4 is 21.9 Å². The number of ether oxygens (including phenoxy) is 1. The molecular formula is C11H13BrO3. The molecule has 0 amide bonds. The highest BCUT2D eigenvalue weighted by Crippen LogP contribution is 2.22. The maximum absolute atomic E-state index is 10.8. The lowest BCUT2D eigenvalue weighted by atomic mass is 10.2. The fraction of sp³-hybridized carbons (Fsp3) is 0.364. The van der Waals surface area contributed by atoms with E-state index in [2.05, 4.69) is 15.9 Å². The smallest absolute Gasteiger partial charge is 0.336 e. The van der Waals surface area contributed by atoms with Crippen molar-refractivity contribution < 1.29 is 14.6 Å². The highest BCUT2D eigenvalue weighted by atomic mass is 79.9. The topological polar surface area (TPSA) is 46.5 Å². The first-order chi connectivity index (χ1) is 7.00. The van der Waals surface area contributed by atoms with Gasteiger partial charge in [0, 0.05) is 4.47 Å². The molecule has 15 heavy (non-hydrogen) atoms. The number of carboxylic acid groups (broad SMARTS) is 1. The van der Waals surface area contributed by atoms with Gasteiger partial charge in [-0.1, -0.05) is 13.8 Å². The third-order valence-electron chi connectivity index (χ3n) is 1.75. The van der Waals surface area contributed by atoms with Gasteiger partial charge in [-0.25, -0.2) is 4.79 Å². The van der Waals surface area contributed by atoms with E-state index in [1.807, 2.05) is 13.8 Å². The van der Waals surface area contributed by atoms with Crippen LogP contribution in [0.1, 0.15) is 24.2 Å². The summed E-state index contributed by atoms with van der Waals surface area (Å²) in [5.74, 6) is 0.0445. The summed E-state index contributed by atoms with van der Waals surface area (Å²) < 4.78 is 5.99. The molecule has 1 N–H and O–H groups in total. The van der Waals surface area contributed by atoms with E-state index in [0.717, 1.165) is 0 Å². The van der Waals surface area contributed by atoms with Gasteiger partial charge in [0.15, 0.2) is 0 Å². The predicted octanol–water partition coefficient (Wildman–Crippen LogP) is 3.18. The van der Waals surface area contributed by atoms with Crippen LogP contribution in [0.5, 0.6) is 5.75 Å². The summed E-state index contributed by atoms with van der Waals surface area (Å²) in [7, 11) is 0. The summed E-state index contributed by atoms with van der Waals surface area (Å²) >= 11 is 3.17. The average Bonchev–Trinajstić information content (AvgIpc) is 2.16. The van der Waals surface area contributed by atoms with E-state index in [-0.39, 0.29) is 5.56 Å². The van der Waals surface area contributed by atoms with Crippen molar-refractivity contribution in [1.29, 1.82) is 0 Å². The van der Waals surface area contributed by atoms with Gasteiger partial charge in [-0.05, 0) is 40.0 Å². The van der Waals surface area contributed by atoms with Crippen LogP contribution in [-0.4, -0.2) is 17.7 Å². The number of hydrogen-bond acceptors (Lipinski definition) is 2. The fourth-order valence-corrected chi connectivity index (χ4v) is 1.44. The van der Waals surface area contributed by atoms with Crippen molar-refractivity contribution in [2.45, 2.75) is 13.8 Å². The van der Waals surface area contributed by atoms with E-state index in [0.29, 0.717) is 22.7 Å². The Kier molecular flexibility index (Phi) is 4.15. The minimum Gasteiger partial charge on any atom is -0.493 e. The normalized spacial score (nSPS) is 10.4. The van der Waals surface area contributed by atoms with Crippen LogP contribution < -0.4 is 4.74 Å². The first-order valence-corrected chi connectivity index (χ1v) is 5.45. The molecule has 0 fully saturated rings. The van der Waals surface area contributed by atoms with Crippen molar-refractivity contribution in [2.24, 2.45) is 5.92 Å². The van der Waals surface area contributed by atoms with E-state index >= 15 is 0 Å². The molecule has 0 aromatic heterocycles. The van der Waals surface area contributed by atoms with E-state index in [1.165, 1.54) is 6.07 Å². The lowest BCUT2D eigenvalue weighted by Gasteiger charge is -2.09. The number of aromatic carboxylic acids is 1. The van der Waals surface area contributed by atoms with Crippen LogP contribution in [0, 0.1) is 5.92 Å². The lowest BCUT2D eigenvalue weighted by Crippen LogP contribution is -2.05. The summed E-state index contributed by atoms with van der Waals surface area (Å²) in [4.78, 5) is 10.8. The van der Waals surface area contributed by atoms with Gasteiger partial charge in [-0.15, -0.1) is 0 Å². The van der Waals surface area contributed by atoms with Crippen molar-refractivity contribution in [3.05, 3.63) is 28.2 Å². The highest BCUT2D eigenvalue weighted by Gasteiger charge is 2.09. The van der Waals surface area contributed by atoms with Crippen LogP contribution in [0.2, 0.25) is 0 Å². The first kappa shape index (κ1) is 12.0. The molecule has 1 aromatic rings. The molecule has 0 saturated heterocycles. The van der Waals surface area contributed by atoms with E-state index in [4.69, 9.17) is 9.84 Å². The van der Waals surface area contributed by atoms with Crippen LogP contribution in [0.25, 0.3) is 0 Å². The molecular weight excluding hydrogens is 260 g/mol. The number of halogens is 1. The second-order valence-electron chi connectivity index (χ2n) is 3.65. The number of carbonyl (C=O) groups is 1. The Labute approximate surface area is 97.2 Å². The zero-order valence-electron chi connectivity index (χ0n) is 8.66. The van der Waals surface area contributed by atoms with E-state index < -0.39 is 5.97 Å². The molecule has 0 bridgehead atoms. The van der Waals surface area contributed by atoms with Crippen LogP contribution in [0.3, 0.4) is 0 Å². The van der Waals surface area contributed by atoms with Gasteiger partial charge >= 0.3 is 5.97 Å². The average molecular weight is 273 g/mol. The zero-order valence-corrected chi connectivity index (χ0v) is 10.2. The third-order valence-corrected chi connectivity index (χ3v) is 2.44. The standard InChI is InChI=1S/C11H13BrO3/c1-7(2)6-15-8-3-4-10(12)9(5-8)11(13)14/h3-5,7H,6H2,1-2H3,(H,13,14). The molecule has 0 saturated carbocycles. The SMILES string of the molecule is CC(C)COc1ccc(Br)c(C(=O)O)c1. The summed E-state index contributed by atoms with van der Waals surface area (Å²) in [6, 6.07) is 4.95. The Morgan fingerprint density at radius 3 is 2.73 bits per heavy atom. The van der Waals surface area contributed by atoms with Crippen LogP contribution >= 0.6 is 15.9 Å². The Morgan fingerprint density at radius 1 is 1.53 bits per heavy atom. The minimum absolute atomic E-state index is 0.219. The van der Waals surface area contributed by atoms with Crippen LogP contribution in [0.15, 0.2) is 22.7 Å². The molecule has 0 atom stereocenters. The summed E-state index contributed by atoms with van der Waals surface area (Å²) in [6.45, 7) is 4.66. The molecule has 1 rings (SSSR count). The minimum atomic E-state index is -0.961. The van der Waals surface area contributed by atoms with Gasteiger partial charge < -0.3 is 9.84 Å². The third kappa shape index (κ3) is 3.55. The highest BCUT2D eigenvalue weighted by molar-refractivity contribution is 9.10. The molecule has 4 heteroatoms. The van der Waals surface area contributed by atoms with Gasteiger partial charge in [0.1, 0.15) is 5.75 Å². The van der Waals surface area contributed by atoms with Crippen molar-refractivity contribution in [1.82, 2.24) is 0 Å². The maximum atomic E-state index is 10.8. The molecule has 1 aromatic carbocycles. The second-order valence-corrected chi connectivity index (χ2v) is 4.51. The largest absolute Gasteiger partial charge is 0.493 e.